The molecule has 2 aromatic rings. The highest BCUT2D eigenvalue weighted by Crippen LogP contribution is 2.24. The average Bonchev–Trinajstić information content (AvgIpc) is 2.38. The summed E-state index contributed by atoms with van der Waals surface area (Å²) in [6.07, 6.45) is 0.897. The van der Waals surface area contributed by atoms with Gasteiger partial charge in [-0.3, -0.25) is 0 Å². The van der Waals surface area contributed by atoms with Crippen LogP contribution in [0.15, 0.2) is 24.3 Å². The van der Waals surface area contributed by atoms with E-state index in [0.717, 1.165) is 11.8 Å². The summed E-state index contributed by atoms with van der Waals surface area (Å²) >= 11 is 0. The van der Waals surface area contributed by atoms with Gasteiger partial charge in [-0.25, -0.2) is 14.8 Å². The third-order valence-corrected chi connectivity index (χ3v) is 3.14. The van der Waals surface area contributed by atoms with Gasteiger partial charge in [-0.05, 0) is 32.4 Å². The van der Waals surface area contributed by atoms with Crippen molar-refractivity contribution in [2.75, 3.05) is 5.32 Å². The summed E-state index contributed by atoms with van der Waals surface area (Å²) in [5.74, 6) is -0.744. The van der Waals surface area contributed by atoms with Crippen molar-refractivity contribution in [3.05, 3.63) is 30.1 Å². The molecule has 0 saturated heterocycles. The van der Waals surface area contributed by atoms with E-state index in [1.807, 2.05) is 32.0 Å². The normalized spacial score (nSPS) is 11.5. The van der Waals surface area contributed by atoms with E-state index in [9.17, 15) is 4.79 Å². The molecule has 0 spiro atoms. The number of nitrogens with zero attached hydrogens (tertiary/aromatic N) is 2. The van der Waals surface area contributed by atoms with Crippen molar-refractivity contribution in [2.45, 2.75) is 32.7 Å². The smallest absolute Gasteiger partial charge is 0.374 e. The van der Waals surface area contributed by atoms with Gasteiger partial charge in [0.05, 0.1) is 5.52 Å². The molecule has 2 rings (SSSR count). The molecular weight excluding hydrogens is 242 g/mol. The minimum Gasteiger partial charge on any atom is -0.475 e. The predicted octanol–water partition coefficient (Wildman–Crippen LogP) is 2.93. The van der Waals surface area contributed by atoms with E-state index in [1.54, 1.807) is 6.07 Å². The van der Waals surface area contributed by atoms with E-state index in [1.165, 1.54) is 0 Å². The molecule has 0 bridgehead atoms. The van der Waals surface area contributed by atoms with Crippen molar-refractivity contribution < 1.29 is 9.90 Å². The first kappa shape index (κ1) is 13.3. The van der Waals surface area contributed by atoms with Crippen LogP contribution in [-0.4, -0.2) is 26.6 Å². The van der Waals surface area contributed by atoms with Crippen molar-refractivity contribution in [2.24, 2.45) is 0 Å². The largest absolute Gasteiger partial charge is 0.475 e. The maximum Gasteiger partial charge on any atom is 0.374 e. The van der Waals surface area contributed by atoms with E-state index < -0.39 is 5.97 Å². The lowest BCUT2D eigenvalue weighted by Crippen LogP contribution is -2.30. The summed E-state index contributed by atoms with van der Waals surface area (Å²) in [5, 5.41) is 13.2. The summed E-state index contributed by atoms with van der Waals surface area (Å²) in [6.45, 7) is 6.16. The lowest BCUT2D eigenvalue weighted by atomic mass is 10.0. The number of para-hydroxylation sites is 1. The molecule has 0 saturated carbocycles. The minimum atomic E-state index is -1.12. The second kappa shape index (κ2) is 4.84. The van der Waals surface area contributed by atoms with Crippen LogP contribution < -0.4 is 5.32 Å². The van der Waals surface area contributed by atoms with Crippen molar-refractivity contribution >= 4 is 22.7 Å². The standard InChI is InChI=1S/C14H17N3O2/c1-4-14(2,3)17-11-9-7-5-6-8-10(9)15-12(16-11)13(18)19/h5-8H,4H2,1-3H3,(H,18,19)(H,15,16,17). The molecule has 0 radical (unpaired) electrons. The van der Waals surface area contributed by atoms with E-state index in [4.69, 9.17) is 5.11 Å². The number of carboxylic acids is 1. The van der Waals surface area contributed by atoms with Crippen LogP contribution in [-0.2, 0) is 0 Å². The molecule has 0 unspecified atom stereocenters. The molecule has 0 aliphatic carbocycles. The van der Waals surface area contributed by atoms with Gasteiger partial charge in [0, 0.05) is 10.9 Å². The van der Waals surface area contributed by atoms with Gasteiger partial charge in [-0.1, -0.05) is 19.1 Å². The van der Waals surface area contributed by atoms with Crippen LogP contribution in [0.25, 0.3) is 10.9 Å². The molecule has 1 aromatic heterocycles. The Hall–Kier alpha value is -2.17. The molecule has 1 heterocycles. The fraction of sp³-hybridized carbons (Fsp3) is 0.357. The third-order valence-electron chi connectivity index (χ3n) is 3.14. The molecule has 5 nitrogen and oxygen atoms in total. The van der Waals surface area contributed by atoms with Gasteiger partial charge in [0.25, 0.3) is 0 Å². The summed E-state index contributed by atoms with van der Waals surface area (Å²) in [6, 6.07) is 7.38. The Morgan fingerprint density at radius 2 is 2.00 bits per heavy atom. The number of carbonyl (C=O) groups is 1. The van der Waals surface area contributed by atoms with Crippen LogP contribution in [0.5, 0.6) is 0 Å². The van der Waals surface area contributed by atoms with Gasteiger partial charge in [0.1, 0.15) is 5.82 Å². The molecule has 0 aliphatic rings. The lowest BCUT2D eigenvalue weighted by molar-refractivity contribution is 0.0684. The Labute approximate surface area is 111 Å². The van der Waals surface area contributed by atoms with Gasteiger partial charge >= 0.3 is 5.97 Å². The van der Waals surface area contributed by atoms with E-state index in [0.29, 0.717) is 11.3 Å². The van der Waals surface area contributed by atoms with Crippen LogP contribution in [0.3, 0.4) is 0 Å². The summed E-state index contributed by atoms with van der Waals surface area (Å²) in [4.78, 5) is 19.2. The van der Waals surface area contributed by atoms with Crippen LogP contribution in [0, 0.1) is 0 Å². The fourth-order valence-electron chi connectivity index (χ4n) is 1.68. The molecule has 0 atom stereocenters. The van der Waals surface area contributed by atoms with Crippen molar-refractivity contribution in [1.82, 2.24) is 9.97 Å². The summed E-state index contributed by atoms with van der Waals surface area (Å²) < 4.78 is 0. The maximum absolute atomic E-state index is 11.1. The highest BCUT2D eigenvalue weighted by molar-refractivity contribution is 5.93. The number of hydrogen-bond donors (Lipinski definition) is 2. The zero-order valence-electron chi connectivity index (χ0n) is 11.3. The number of nitrogens with one attached hydrogen (secondary N) is 1. The molecule has 0 fully saturated rings. The molecule has 2 N–H and O–H groups in total. The highest BCUT2D eigenvalue weighted by atomic mass is 16.4. The number of aromatic nitrogens is 2. The first-order valence-electron chi connectivity index (χ1n) is 6.21. The summed E-state index contributed by atoms with van der Waals surface area (Å²) in [5.41, 5.74) is 0.469. The number of rotatable bonds is 4. The lowest BCUT2D eigenvalue weighted by Gasteiger charge is -2.26. The zero-order chi connectivity index (χ0) is 14.0. The number of hydrogen-bond acceptors (Lipinski definition) is 4. The first-order chi connectivity index (χ1) is 8.93. The van der Waals surface area contributed by atoms with Crippen molar-refractivity contribution in [3.8, 4) is 0 Å². The fourth-order valence-corrected chi connectivity index (χ4v) is 1.68. The first-order valence-corrected chi connectivity index (χ1v) is 6.21. The maximum atomic E-state index is 11.1. The van der Waals surface area contributed by atoms with Gasteiger partial charge in [-0.15, -0.1) is 0 Å². The molecule has 5 heteroatoms. The van der Waals surface area contributed by atoms with Crippen molar-refractivity contribution in [3.63, 3.8) is 0 Å². The van der Waals surface area contributed by atoms with Crippen LogP contribution in [0.2, 0.25) is 0 Å². The Bertz CT molecular complexity index is 623. The average molecular weight is 259 g/mol. The van der Waals surface area contributed by atoms with E-state index >= 15 is 0 Å². The Morgan fingerprint density at radius 1 is 1.32 bits per heavy atom. The van der Waals surface area contributed by atoms with Crippen LogP contribution in [0.1, 0.15) is 37.8 Å². The van der Waals surface area contributed by atoms with Crippen molar-refractivity contribution in [1.29, 1.82) is 0 Å². The van der Waals surface area contributed by atoms with Gasteiger partial charge < -0.3 is 10.4 Å². The molecule has 0 aliphatic heterocycles. The number of benzene rings is 1. The van der Waals surface area contributed by atoms with Gasteiger partial charge in [0.15, 0.2) is 0 Å². The third kappa shape index (κ3) is 2.81. The molecule has 0 amide bonds. The number of carboxylic acid groups (broad SMARTS) is 1. The van der Waals surface area contributed by atoms with E-state index in [2.05, 4.69) is 22.2 Å². The monoisotopic (exact) mass is 259 g/mol. The Morgan fingerprint density at radius 3 is 2.63 bits per heavy atom. The van der Waals surface area contributed by atoms with Crippen LogP contribution >= 0.6 is 0 Å². The van der Waals surface area contributed by atoms with E-state index in [-0.39, 0.29) is 11.4 Å². The molecular formula is C14H17N3O2. The van der Waals surface area contributed by atoms with Crippen LogP contribution in [0.4, 0.5) is 5.82 Å². The summed E-state index contributed by atoms with van der Waals surface area (Å²) in [7, 11) is 0. The Kier molecular flexibility index (Phi) is 3.38. The SMILES string of the molecule is CCC(C)(C)Nc1nc(C(=O)O)nc2ccccc12. The van der Waals surface area contributed by atoms with Gasteiger partial charge in [-0.2, -0.15) is 0 Å². The number of fused-ring (bicyclic) bond motifs is 1. The second-order valence-electron chi connectivity index (χ2n) is 5.08. The molecule has 1 aromatic carbocycles. The minimum absolute atomic E-state index is 0.160. The predicted molar refractivity (Wildman–Crippen MR) is 74.5 cm³/mol. The topological polar surface area (TPSA) is 75.1 Å². The number of aromatic carboxylic acids is 1. The molecule has 100 valence electrons. The number of anilines is 1. The Balaban J connectivity index is 2.60. The highest BCUT2D eigenvalue weighted by Gasteiger charge is 2.19. The zero-order valence-corrected chi connectivity index (χ0v) is 11.3. The molecule has 19 heavy (non-hydrogen) atoms. The quantitative estimate of drug-likeness (QED) is 0.883. The second-order valence-corrected chi connectivity index (χ2v) is 5.08. The van der Waals surface area contributed by atoms with Gasteiger partial charge in [0.2, 0.25) is 5.82 Å².